The van der Waals surface area contributed by atoms with Crippen molar-refractivity contribution in [2.24, 2.45) is 0 Å². The second-order valence-corrected chi connectivity index (χ2v) is 6.19. The zero-order chi connectivity index (χ0) is 17.5. The van der Waals surface area contributed by atoms with E-state index in [0.717, 1.165) is 42.7 Å². The lowest BCUT2D eigenvalue weighted by atomic mass is 10.1. The van der Waals surface area contributed by atoms with E-state index < -0.39 is 0 Å². The fourth-order valence-corrected chi connectivity index (χ4v) is 2.88. The van der Waals surface area contributed by atoms with Crippen LogP contribution in [0.15, 0.2) is 60.7 Å². The van der Waals surface area contributed by atoms with Gasteiger partial charge in [0.05, 0.1) is 6.42 Å². The lowest BCUT2D eigenvalue weighted by Gasteiger charge is -2.15. The first-order valence-corrected chi connectivity index (χ1v) is 8.61. The van der Waals surface area contributed by atoms with Crippen molar-refractivity contribution in [2.45, 2.75) is 19.3 Å². The van der Waals surface area contributed by atoms with Crippen LogP contribution in [0.5, 0.6) is 0 Å². The van der Waals surface area contributed by atoms with Crippen molar-refractivity contribution in [1.82, 2.24) is 4.90 Å². The number of likely N-dealkylation sites (tertiary alicyclic amines) is 1. The van der Waals surface area contributed by atoms with E-state index in [9.17, 15) is 9.59 Å². The molecule has 4 nitrogen and oxygen atoms in total. The third kappa shape index (κ3) is 5.05. The van der Waals surface area contributed by atoms with Gasteiger partial charge in [0.2, 0.25) is 11.8 Å². The Bertz CT molecular complexity index is 745. The van der Waals surface area contributed by atoms with Crippen molar-refractivity contribution < 1.29 is 9.59 Å². The minimum atomic E-state index is -0.176. The highest BCUT2D eigenvalue weighted by atomic mass is 16.2. The van der Waals surface area contributed by atoms with Gasteiger partial charge in [-0.1, -0.05) is 42.5 Å². The van der Waals surface area contributed by atoms with Gasteiger partial charge < -0.3 is 10.2 Å². The third-order valence-corrected chi connectivity index (χ3v) is 4.26. The Morgan fingerprint density at radius 1 is 0.960 bits per heavy atom. The van der Waals surface area contributed by atoms with E-state index in [1.165, 1.54) is 6.08 Å². The molecule has 0 unspecified atom stereocenters. The number of benzene rings is 2. The molecule has 1 aliphatic heterocycles. The fourth-order valence-electron chi connectivity index (χ4n) is 2.88. The van der Waals surface area contributed by atoms with Crippen LogP contribution in [-0.4, -0.2) is 29.8 Å². The summed E-state index contributed by atoms with van der Waals surface area (Å²) in [5.41, 5.74) is 2.67. The van der Waals surface area contributed by atoms with Crippen LogP contribution in [0.1, 0.15) is 24.0 Å². The van der Waals surface area contributed by atoms with Gasteiger partial charge in [-0.2, -0.15) is 0 Å². The monoisotopic (exact) mass is 334 g/mol. The largest absolute Gasteiger partial charge is 0.342 e. The summed E-state index contributed by atoms with van der Waals surface area (Å²) in [6, 6.07) is 17.1. The summed E-state index contributed by atoms with van der Waals surface area (Å²) in [6.45, 7) is 1.75. The lowest BCUT2D eigenvalue weighted by Crippen LogP contribution is -2.29. The summed E-state index contributed by atoms with van der Waals surface area (Å²) >= 11 is 0. The van der Waals surface area contributed by atoms with Gasteiger partial charge in [-0.25, -0.2) is 0 Å². The van der Waals surface area contributed by atoms with E-state index in [0.29, 0.717) is 6.42 Å². The predicted octanol–water partition coefficient (Wildman–Crippen LogP) is 3.50. The topological polar surface area (TPSA) is 49.4 Å². The van der Waals surface area contributed by atoms with Crippen LogP contribution in [0, 0.1) is 0 Å². The maximum absolute atomic E-state index is 12.1. The molecule has 0 aromatic heterocycles. The van der Waals surface area contributed by atoms with Crippen molar-refractivity contribution in [2.75, 3.05) is 18.4 Å². The molecule has 2 amide bonds. The minimum Gasteiger partial charge on any atom is -0.342 e. The van der Waals surface area contributed by atoms with Crippen molar-refractivity contribution >= 4 is 23.6 Å². The number of carbonyl (C=O) groups is 2. The van der Waals surface area contributed by atoms with Gasteiger partial charge in [0.1, 0.15) is 0 Å². The number of nitrogens with one attached hydrogen (secondary N) is 1. The molecule has 1 N–H and O–H groups in total. The van der Waals surface area contributed by atoms with Crippen molar-refractivity contribution in [3.05, 3.63) is 71.8 Å². The second-order valence-electron chi connectivity index (χ2n) is 6.19. The van der Waals surface area contributed by atoms with Gasteiger partial charge in [-0.3, -0.25) is 9.59 Å². The fraction of sp³-hybridized carbons (Fsp3) is 0.238. The molecule has 3 rings (SSSR count). The van der Waals surface area contributed by atoms with Gasteiger partial charge in [0.15, 0.2) is 0 Å². The molecule has 1 fully saturated rings. The molecule has 4 heteroatoms. The molecule has 0 aliphatic carbocycles. The first-order valence-electron chi connectivity index (χ1n) is 8.61. The maximum Gasteiger partial charge on any atom is 0.248 e. The standard InChI is InChI=1S/C21H22N2O2/c24-20(13-10-17-6-2-1-3-7-17)22-19-11-8-18(9-12-19)16-21(25)23-14-4-5-15-23/h1-3,6-13H,4-5,14-16H2,(H,22,24)/b13-10+. The average molecular weight is 334 g/mol. The van der Waals surface area contributed by atoms with Crippen molar-refractivity contribution in [3.63, 3.8) is 0 Å². The summed E-state index contributed by atoms with van der Waals surface area (Å²) in [4.78, 5) is 26.0. The molecule has 0 saturated carbocycles. The molecule has 0 radical (unpaired) electrons. The summed E-state index contributed by atoms with van der Waals surface area (Å²) < 4.78 is 0. The summed E-state index contributed by atoms with van der Waals surface area (Å²) in [7, 11) is 0. The molecular formula is C21H22N2O2. The molecule has 0 bridgehead atoms. The average Bonchev–Trinajstić information content (AvgIpc) is 3.17. The highest BCUT2D eigenvalue weighted by Gasteiger charge is 2.17. The van der Waals surface area contributed by atoms with Crippen LogP contribution in [0.3, 0.4) is 0 Å². The number of anilines is 1. The molecule has 128 valence electrons. The van der Waals surface area contributed by atoms with Gasteiger partial charge in [-0.05, 0) is 42.2 Å². The first-order chi connectivity index (χ1) is 12.2. The van der Waals surface area contributed by atoms with E-state index in [2.05, 4.69) is 5.32 Å². The number of hydrogen-bond donors (Lipinski definition) is 1. The Kier molecular flexibility index (Phi) is 5.62. The smallest absolute Gasteiger partial charge is 0.248 e. The third-order valence-electron chi connectivity index (χ3n) is 4.26. The number of amides is 2. The molecule has 2 aromatic rings. The minimum absolute atomic E-state index is 0.176. The van der Waals surface area contributed by atoms with Gasteiger partial charge in [0, 0.05) is 24.9 Å². The maximum atomic E-state index is 12.1. The summed E-state index contributed by atoms with van der Waals surface area (Å²) in [5.74, 6) is 0.00447. The van der Waals surface area contributed by atoms with E-state index in [1.807, 2.05) is 59.5 Å². The zero-order valence-corrected chi connectivity index (χ0v) is 14.2. The van der Waals surface area contributed by atoms with Crippen molar-refractivity contribution in [1.29, 1.82) is 0 Å². The van der Waals surface area contributed by atoms with E-state index in [1.54, 1.807) is 6.08 Å². The Balaban J connectivity index is 1.52. The Hall–Kier alpha value is -2.88. The molecule has 2 aromatic carbocycles. The van der Waals surface area contributed by atoms with Crippen LogP contribution in [0.4, 0.5) is 5.69 Å². The summed E-state index contributed by atoms with van der Waals surface area (Å²) in [5, 5.41) is 2.83. The number of carbonyl (C=O) groups excluding carboxylic acids is 2. The Morgan fingerprint density at radius 2 is 1.64 bits per heavy atom. The van der Waals surface area contributed by atoms with E-state index in [-0.39, 0.29) is 11.8 Å². The first kappa shape index (κ1) is 17.0. The van der Waals surface area contributed by atoms with Gasteiger partial charge in [-0.15, -0.1) is 0 Å². The molecule has 1 saturated heterocycles. The number of nitrogens with zero attached hydrogens (tertiary/aromatic N) is 1. The summed E-state index contributed by atoms with van der Waals surface area (Å²) in [6.07, 6.45) is 5.92. The molecule has 25 heavy (non-hydrogen) atoms. The molecule has 1 aliphatic rings. The second kappa shape index (κ2) is 8.29. The number of hydrogen-bond acceptors (Lipinski definition) is 2. The van der Waals surface area contributed by atoms with Crippen LogP contribution in [-0.2, 0) is 16.0 Å². The van der Waals surface area contributed by atoms with Crippen LogP contribution in [0.2, 0.25) is 0 Å². The van der Waals surface area contributed by atoms with E-state index in [4.69, 9.17) is 0 Å². The van der Waals surface area contributed by atoms with Gasteiger partial charge in [0.25, 0.3) is 0 Å². The highest BCUT2D eigenvalue weighted by molar-refractivity contribution is 6.01. The Morgan fingerprint density at radius 3 is 2.32 bits per heavy atom. The van der Waals surface area contributed by atoms with Gasteiger partial charge >= 0.3 is 0 Å². The van der Waals surface area contributed by atoms with Crippen LogP contribution in [0.25, 0.3) is 6.08 Å². The lowest BCUT2D eigenvalue weighted by molar-refractivity contribution is -0.129. The molecular weight excluding hydrogens is 312 g/mol. The Labute approximate surface area is 148 Å². The quantitative estimate of drug-likeness (QED) is 0.851. The van der Waals surface area contributed by atoms with Crippen molar-refractivity contribution in [3.8, 4) is 0 Å². The van der Waals surface area contributed by atoms with Crippen LogP contribution >= 0.6 is 0 Å². The molecule has 0 atom stereocenters. The SMILES string of the molecule is O=C(/C=C/c1ccccc1)Nc1ccc(CC(=O)N2CCCC2)cc1. The molecule has 0 spiro atoms. The number of rotatable bonds is 5. The van der Waals surface area contributed by atoms with E-state index >= 15 is 0 Å². The predicted molar refractivity (Wildman–Crippen MR) is 100 cm³/mol. The zero-order valence-electron chi connectivity index (χ0n) is 14.2. The van der Waals surface area contributed by atoms with Crippen LogP contribution < -0.4 is 5.32 Å². The highest BCUT2D eigenvalue weighted by Crippen LogP contribution is 2.14. The normalized spacial score (nSPS) is 14.0. The molecule has 1 heterocycles.